The number of carbonyl (C=O) groups excluding carboxylic acids is 1. The standard InChI is InChI=1S/C19H15Cl2N5O2S/c1-11-4-6-14(20)17(8-11)29(3,28)24-19(27)18-12(2)26(25-23-18)16-7-5-13(10-22)9-15(16)21/h4-9H,1-3H3. The first kappa shape index (κ1) is 21.0. The van der Waals surface area contributed by atoms with Gasteiger partial charge in [-0.3, -0.25) is 4.79 Å². The first-order valence-electron chi connectivity index (χ1n) is 8.29. The molecule has 0 aliphatic carbocycles. The Morgan fingerprint density at radius 3 is 2.55 bits per heavy atom. The number of aromatic nitrogens is 3. The van der Waals surface area contributed by atoms with E-state index in [4.69, 9.17) is 28.5 Å². The molecule has 0 fully saturated rings. The van der Waals surface area contributed by atoms with E-state index in [1.807, 2.05) is 13.0 Å². The van der Waals surface area contributed by atoms with E-state index in [1.165, 1.54) is 17.0 Å². The van der Waals surface area contributed by atoms with Gasteiger partial charge in [-0.2, -0.15) is 9.62 Å². The molecule has 10 heteroatoms. The van der Waals surface area contributed by atoms with Crippen LogP contribution in [0.15, 0.2) is 45.7 Å². The van der Waals surface area contributed by atoms with Crippen LogP contribution >= 0.6 is 23.2 Å². The van der Waals surface area contributed by atoms with E-state index in [2.05, 4.69) is 14.7 Å². The summed E-state index contributed by atoms with van der Waals surface area (Å²) >= 11 is 12.4. The zero-order valence-electron chi connectivity index (χ0n) is 15.7. The normalized spacial score (nSPS) is 12.8. The fraction of sp³-hybridized carbons (Fsp3) is 0.158. The molecule has 1 unspecified atom stereocenters. The van der Waals surface area contributed by atoms with Gasteiger partial charge >= 0.3 is 5.91 Å². The van der Waals surface area contributed by atoms with Gasteiger partial charge in [0.05, 0.1) is 47.7 Å². The quantitative estimate of drug-likeness (QED) is 0.593. The predicted octanol–water partition coefficient (Wildman–Crippen LogP) is 4.36. The number of carbonyl (C=O) groups is 1. The highest BCUT2D eigenvalue weighted by Gasteiger charge is 2.21. The van der Waals surface area contributed by atoms with Gasteiger partial charge in [-0.25, -0.2) is 8.89 Å². The third kappa shape index (κ3) is 4.17. The van der Waals surface area contributed by atoms with Gasteiger partial charge in [-0.05, 0) is 49.7 Å². The molecule has 0 aliphatic rings. The molecule has 1 amide bonds. The molecule has 0 saturated heterocycles. The van der Waals surface area contributed by atoms with Crippen molar-refractivity contribution < 1.29 is 9.00 Å². The number of nitrogens with zero attached hydrogens (tertiary/aromatic N) is 5. The lowest BCUT2D eigenvalue weighted by Crippen LogP contribution is -2.07. The summed E-state index contributed by atoms with van der Waals surface area (Å²) in [6, 6.07) is 11.7. The fourth-order valence-corrected chi connectivity index (χ4v) is 4.80. The second-order valence-electron chi connectivity index (χ2n) is 6.35. The van der Waals surface area contributed by atoms with Crippen LogP contribution in [0.4, 0.5) is 0 Å². The zero-order valence-corrected chi connectivity index (χ0v) is 18.0. The topological polar surface area (TPSA) is 101 Å². The summed E-state index contributed by atoms with van der Waals surface area (Å²) in [6.07, 6.45) is 1.35. The first-order valence-corrected chi connectivity index (χ1v) is 11.0. The SMILES string of the molecule is Cc1ccc(Cl)c(S(C)(=O)=NC(=O)c2nnn(-c3ccc(C#N)cc3Cl)c2C)c1. The van der Waals surface area contributed by atoms with E-state index in [0.29, 0.717) is 16.9 Å². The highest BCUT2D eigenvalue weighted by atomic mass is 35.5. The number of hydrogen-bond acceptors (Lipinski definition) is 5. The minimum Gasteiger partial charge on any atom is -0.264 e. The van der Waals surface area contributed by atoms with Crippen LogP contribution in [0.1, 0.15) is 27.3 Å². The van der Waals surface area contributed by atoms with Crippen LogP contribution in [0.25, 0.3) is 5.69 Å². The van der Waals surface area contributed by atoms with E-state index in [9.17, 15) is 9.00 Å². The molecule has 7 nitrogen and oxygen atoms in total. The van der Waals surface area contributed by atoms with Crippen LogP contribution in [-0.2, 0) is 9.73 Å². The average molecular weight is 448 g/mol. The second kappa shape index (κ2) is 7.95. The molecular weight excluding hydrogens is 433 g/mol. The monoisotopic (exact) mass is 447 g/mol. The summed E-state index contributed by atoms with van der Waals surface area (Å²) in [5.41, 5.74) is 2.01. The molecule has 1 atom stereocenters. The molecule has 0 radical (unpaired) electrons. The van der Waals surface area contributed by atoms with E-state index in [0.717, 1.165) is 5.56 Å². The highest BCUT2D eigenvalue weighted by molar-refractivity contribution is 7.93. The summed E-state index contributed by atoms with van der Waals surface area (Å²) in [7, 11) is -3.10. The van der Waals surface area contributed by atoms with Crippen molar-refractivity contribution in [3.05, 3.63) is 69.0 Å². The number of aryl methyl sites for hydroxylation is 1. The molecule has 3 rings (SSSR count). The fourth-order valence-electron chi connectivity index (χ4n) is 2.66. The maximum atomic E-state index is 13.1. The van der Waals surface area contributed by atoms with Crippen LogP contribution < -0.4 is 0 Å². The van der Waals surface area contributed by atoms with Gasteiger partial charge in [-0.15, -0.1) is 5.10 Å². The maximum Gasteiger partial charge on any atom is 0.307 e. The van der Waals surface area contributed by atoms with Crippen molar-refractivity contribution >= 4 is 38.8 Å². The Balaban J connectivity index is 2.04. The molecule has 0 spiro atoms. The Morgan fingerprint density at radius 2 is 1.90 bits per heavy atom. The lowest BCUT2D eigenvalue weighted by atomic mass is 10.2. The number of amides is 1. The zero-order chi connectivity index (χ0) is 21.3. The number of hydrogen-bond donors (Lipinski definition) is 0. The Kier molecular flexibility index (Phi) is 5.75. The third-order valence-electron chi connectivity index (χ3n) is 4.15. The van der Waals surface area contributed by atoms with Gasteiger partial charge in [-0.1, -0.05) is 34.5 Å². The molecular formula is C19H15Cl2N5O2S. The van der Waals surface area contributed by atoms with Crippen molar-refractivity contribution in [1.82, 2.24) is 15.0 Å². The van der Waals surface area contributed by atoms with Gasteiger partial charge < -0.3 is 0 Å². The van der Waals surface area contributed by atoms with Gasteiger partial charge in [0.1, 0.15) is 0 Å². The van der Waals surface area contributed by atoms with Crippen molar-refractivity contribution in [2.45, 2.75) is 18.7 Å². The molecule has 0 saturated carbocycles. The molecule has 3 aromatic rings. The van der Waals surface area contributed by atoms with Crippen molar-refractivity contribution in [1.29, 1.82) is 5.26 Å². The lowest BCUT2D eigenvalue weighted by Gasteiger charge is -2.08. The van der Waals surface area contributed by atoms with Gasteiger partial charge in [0.15, 0.2) is 5.69 Å². The van der Waals surface area contributed by atoms with Crippen molar-refractivity contribution in [3.8, 4) is 11.8 Å². The van der Waals surface area contributed by atoms with E-state index < -0.39 is 15.6 Å². The van der Waals surface area contributed by atoms with Crippen LogP contribution in [-0.4, -0.2) is 31.4 Å². The van der Waals surface area contributed by atoms with Crippen molar-refractivity contribution in [2.75, 3.05) is 6.26 Å². The molecule has 2 aromatic carbocycles. The smallest absolute Gasteiger partial charge is 0.264 e. The number of rotatable bonds is 3. The van der Waals surface area contributed by atoms with Crippen LogP contribution in [0.2, 0.25) is 10.0 Å². The summed E-state index contributed by atoms with van der Waals surface area (Å²) in [5.74, 6) is -0.774. The maximum absolute atomic E-state index is 13.1. The molecule has 148 valence electrons. The minimum atomic E-state index is -3.10. The number of halogens is 2. The Hall–Kier alpha value is -2.73. The molecule has 29 heavy (non-hydrogen) atoms. The molecule has 0 bridgehead atoms. The lowest BCUT2D eigenvalue weighted by molar-refractivity contribution is 0.0999. The molecule has 1 heterocycles. The van der Waals surface area contributed by atoms with Gasteiger partial charge in [0, 0.05) is 6.26 Å². The van der Waals surface area contributed by atoms with Crippen LogP contribution in [0, 0.1) is 25.2 Å². The Bertz CT molecular complexity index is 1300. The molecule has 0 N–H and O–H groups in total. The number of nitriles is 1. The predicted molar refractivity (Wildman–Crippen MR) is 111 cm³/mol. The molecule has 0 aliphatic heterocycles. The summed E-state index contributed by atoms with van der Waals surface area (Å²) in [6.45, 7) is 3.45. The van der Waals surface area contributed by atoms with Crippen LogP contribution in [0.3, 0.4) is 0 Å². The first-order chi connectivity index (χ1) is 13.6. The van der Waals surface area contributed by atoms with Gasteiger partial charge in [0.2, 0.25) is 0 Å². The summed E-state index contributed by atoms with van der Waals surface area (Å²) < 4.78 is 18.3. The third-order valence-corrected chi connectivity index (χ3v) is 6.57. The number of benzene rings is 2. The van der Waals surface area contributed by atoms with Gasteiger partial charge in [0.25, 0.3) is 0 Å². The minimum absolute atomic E-state index is 0.0521. The summed E-state index contributed by atoms with van der Waals surface area (Å²) in [4.78, 5) is 13.0. The van der Waals surface area contributed by atoms with E-state index in [1.54, 1.807) is 37.3 Å². The second-order valence-corrected chi connectivity index (χ2v) is 9.39. The average Bonchev–Trinajstić information content (AvgIpc) is 3.04. The van der Waals surface area contributed by atoms with Crippen LogP contribution in [0.5, 0.6) is 0 Å². The summed E-state index contributed by atoms with van der Waals surface area (Å²) in [5, 5.41) is 17.3. The largest absolute Gasteiger partial charge is 0.307 e. The van der Waals surface area contributed by atoms with E-state index in [-0.39, 0.29) is 20.6 Å². The van der Waals surface area contributed by atoms with Crippen molar-refractivity contribution in [2.24, 2.45) is 4.36 Å². The van der Waals surface area contributed by atoms with E-state index >= 15 is 0 Å². The highest BCUT2D eigenvalue weighted by Crippen LogP contribution is 2.26. The van der Waals surface area contributed by atoms with Crippen molar-refractivity contribution in [3.63, 3.8) is 0 Å². The Labute approximate surface area is 178 Å². The molecule has 1 aromatic heterocycles. The Morgan fingerprint density at radius 1 is 1.17 bits per heavy atom.